The Morgan fingerprint density at radius 1 is 1.45 bits per heavy atom. The van der Waals surface area contributed by atoms with Gasteiger partial charge in [-0.25, -0.2) is 18.2 Å². The number of aryl methyl sites for hydroxylation is 1. The number of anilines is 2. The summed E-state index contributed by atoms with van der Waals surface area (Å²) in [6.07, 6.45) is 0. The van der Waals surface area contributed by atoms with E-state index in [9.17, 15) is 13.2 Å². The lowest BCUT2D eigenvalue weighted by atomic mass is 10.2. The summed E-state index contributed by atoms with van der Waals surface area (Å²) >= 11 is 1.11. The Morgan fingerprint density at radius 2 is 2.15 bits per heavy atom. The van der Waals surface area contributed by atoms with Crippen molar-refractivity contribution in [3.8, 4) is 0 Å². The summed E-state index contributed by atoms with van der Waals surface area (Å²) in [7, 11) is -4.03. The zero-order valence-electron chi connectivity index (χ0n) is 10.3. The molecule has 0 spiro atoms. The van der Waals surface area contributed by atoms with Gasteiger partial charge in [0.15, 0.2) is 5.13 Å². The fraction of sp³-hybridized carbons (Fsp3) is 0.0909. The Hall–Kier alpha value is -2.13. The molecule has 0 atom stereocenters. The minimum atomic E-state index is -4.03. The summed E-state index contributed by atoms with van der Waals surface area (Å²) in [5.74, 6) is -1.37. The molecule has 20 heavy (non-hydrogen) atoms. The van der Waals surface area contributed by atoms with Crippen molar-refractivity contribution in [3.05, 3.63) is 34.8 Å². The molecule has 0 aliphatic rings. The Labute approximate surface area is 119 Å². The Morgan fingerprint density at radius 3 is 2.70 bits per heavy atom. The second-order valence-electron chi connectivity index (χ2n) is 3.96. The molecule has 106 valence electrons. The Kier molecular flexibility index (Phi) is 3.64. The maximum absolute atomic E-state index is 12.2. The number of nitrogens with two attached hydrogens (primary N) is 1. The first-order chi connectivity index (χ1) is 9.29. The van der Waals surface area contributed by atoms with E-state index in [4.69, 9.17) is 10.8 Å². The van der Waals surface area contributed by atoms with Gasteiger partial charge in [-0.3, -0.25) is 4.72 Å². The highest BCUT2D eigenvalue weighted by molar-refractivity contribution is 7.93. The number of carboxylic acids is 1. The van der Waals surface area contributed by atoms with E-state index in [0.717, 1.165) is 23.5 Å². The molecule has 9 heteroatoms. The highest BCUT2D eigenvalue weighted by Crippen LogP contribution is 2.23. The monoisotopic (exact) mass is 313 g/mol. The Balaban J connectivity index is 2.46. The number of aromatic carboxylic acids is 1. The summed E-state index contributed by atoms with van der Waals surface area (Å²) in [5, 5.41) is 10.9. The van der Waals surface area contributed by atoms with E-state index in [1.54, 1.807) is 12.3 Å². The first-order valence-corrected chi connectivity index (χ1v) is 7.73. The van der Waals surface area contributed by atoms with Crippen LogP contribution in [0.25, 0.3) is 0 Å². The molecule has 0 unspecified atom stereocenters. The lowest BCUT2D eigenvalue weighted by Crippen LogP contribution is -2.17. The molecule has 1 aromatic heterocycles. The first-order valence-electron chi connectivity index (χ1n) is 5.37. The number of carbonyl (C=O) groups is 1. The van der Waals surface area contributed by atoms with Crippen LogP contribution in [-0.2, 0) is 10.0 Å². The van der Waals surface area contributed by atoms with E-state index in [1.165, 1.54) is 6.07 Å². The van der Waals surface area contributed by atoms with Crippen LogP contribution in [0.4, 0.5) is 10.8 Å². The number of hydrogen-bond donors (Lipinski definition) is 3. The third-order valence-electron chi connectivity index (χ3n) is 2.36. The van der Waals surface area contributed by atoms with Gasteiger partial charge in [0.1, 0.15) is 4.90 Å². The number of thiazole rings is 1. The number of benzene rings is 1. The molecule has 0 radical (unpaired) electrons. The van der Waals surface area contributed by atoms with Crippen LogP contribution in [0.2, 0.25) is 0 Å². The highest BCUT2D eigenvalue weighted by atomic mass is 32.2. The summed E-state index contributed by atoms with van der Waals surface area (Å²) in [4.78, 5) is 14.7. The molecule has 0 saturated carbocycles. The highest BCUT2D eigenvalue weighted by Gasteiger charge is 2.23. The molecule has 0 aliphatic carbocycles. The van der Waals surface area contributed by atoms with Crippen LogP contribution in [0.15, 0.2) is 28.5 Å². The van der Waals surface area contributed by atoms with Crippen molar-refractivity contribution in [2.45, 2.75) is 11.8 Å². The van der Waals surface area contributed by atoms with Gasteiger partial charge in [-0.05, 0) is 25.1 Å². The van der Waals surface area contributed by atoms with Crippen LogP contribution in [0.1, 0.15) is 16.1 Å². The molecule has 2 aromatic rings. The van der Waals surface area contributed by atoms with Crippen molar-refractivity contribution in [3.63, 3.8) is 0 Å². The molecule has 0 aliphatic heterocycles. The molecule has 4 N–H and O–H groups in total. The SMILES string of the molecule is Cc1csc(NS(=O)(=O)c2ccc(N)cc2C(=O)O)n1. The van der Waals surface area contributed by atoms with Gasteiger partial charge in [-0.15, -0.1) is 11.3 Å². The van der Waals surface area contributed by atoms with Crippen molar-refractivity contribution in [1.82, 2.24) is 4.98 Å². The predicted molar refractivity (Wildman–Crippen MR) is 75.5 cm³/mol. The van der Waals surface area contributed by atoms with Crippen LogP contribution in [-0.4, -0.2) is 24.5 Å². The molecule has 1 heterocycles. The van der Waals surface area contributed by atoms with E-state index in [1.807, 2.05) is 0 Å². The average molecular weight is 313 g/mol. The number of aromatic nitrogens is 1. The molecular weight excluding hydrogens is 302 g/mol. The topological polar surface area (TPSA) is 122 Å². The smallest absolute Gasteiger partial charge is 0.337 e. The van der Waals surface area contributed by atoms with Gasteiger partial charge in [-0.1, -0.05) is 0 Å². The molecule has 7 nitrogen and oxygen atoms in total. The van der Waals surface area contributed by atoms with E-state index in [2.05, 4.69) is 9.71 Å². The summed E-state index contributed by atoms with van der Waals surface area (Å²) in [6, 6.07) is 3.58. The molecule has 0 amide bonds. The minimum absolute atomic E-state index is 0.173. The first kappa shape index (κ1) is 14.3. The van der Waals surface area contributed by atoms with E-state index >= 15 is 0 Å². The third kappa shape index (κ3) is 2.89. The lowest BCUT2D eigenvalue weighted by molar-refractivity contribution is 0.0692. The summed E-state index contributed by atoms with van der Waals surface area (Å²) in [6.45, 7) is 1.72. The van der Waals surface area contributed by atoms with Gasteiger partial charge in [0.2, 0.25) is 0 Å². The van der Waals surface area contributed by atoms with Gasteiger partial charge in [0.05, 0.1) is 11.3 Å². The largest absolute Gasteiger partial charge is 0.478 e. The van der Waals surface area contributed by atoms with E-state index in [-0.39, 0.29) is 21.3 Å². The fourth-order valence-corrected chi connectivity index (χ4v) is 3.64. The molecule has 2 rings (SSSR count). The number of nitrogen functional groups attached to an aromatic ring is 1. The fourth-order valence-electron chi connectivity index (χ4n) is 1.52. The van der Waals surface area contributed by atoms with Crippen molar-refractivity contribution >= 4 is 38.1 Å². The molecular formula is C11H11N3O4S2. The number of hydrogen-bond acceptors (Lipinski definition) is 6. The van der Waals surface area contributed by atoms with E-state index < -0.39 is 16.0 Å². The molecule has 0 fully saturated rings. The maximum atomic E-state index is 12.2. The summed E-state index contributed by atoms with van der Waals surface area (Å²) < 4.78 is 26.6. The second kappa shape index (κ2) is 5.10. The second-order valence-corrected chi connectivity index (χ2v) is 6.47. The van der Waals surface area contributed by atoms with Crippen molar-refractivity contribution in [1.29, 1.82) is 0 Å². The number of nitrogens with one attached hydrogen (secondary N) is 1. The van der Waals surface area contributed by atoms with Gasteiger partial charge in [-0.2, -0.15) is 0 Å². The molecule has 1 aromatic carbocycles. The Bertz CT molecular complexity index is 768. The van der Waals surface area contributed by atoms with Crippen molar-refractivity contribution in [2.75, 3.05) is 10.5 Å². The predicted octanol–water partition coefficient (Wildman–Crippen LogP) is 1.53. The quantitative estimate of drug-likeness (QED) is 0.736. The normalized spacial score (nSPS) is 11.2. The number of rotatable bonds is 4. The van der Waals surface area contributed by atoms with Crippen LogP contribution < -0.4 is 10.5 Å². The van der Waals surface area contributed by atoms with Gasteiger partial charge in [0, 0.05) is 11.1 Å². The van der Waals surface area contributed by atoms with Gasteiger partial charge >= 0.3 is 5.97 Å². The van der Waals surface area contributed by atoms with Crippen LogP contribution >= 0.6 is 11.3 Å². The van der Waals surface area contributed by atoms with Crippen molar-refractivity contribution in [2.24, 2.45) is 0 Å². The van der Waals surface area contributed by atoms with Crippen LogP contribution in [0.3, 0.4) is 0 Å². The zero-order valence-corrected chi connectivity index (χ0v) is 12.0. The maximum Gasteiger partial charge on any atom is 0.337 e. The number of nitrogens with zero attached hydrogens (tertiary/aromatic N) is 1. The van der Waals surface area contributed by atoms with Crippen molar-refractivity contribution < 1.29 is 18.3 Å². The lowest BCUT2D eigenvalue weighted by Gasteiger charge is -2.08. The van der Waals surface area contributed by atoms with Gasteiger partial charge in [0.25, 0.3) is 10.0 Å². The third-order valence-corrected chi connectivity index (χ3v) is 4.77. The zero-order chi connectivity index (χ0) is 14.9. The molecule has 0 bridgehead atoms. The summed E-state index contributed by atoms with van der Waals surface area (Å²) in [5.41, 5.74) is 5.93. The minimum Gasteiger partial charge on any atom is -0.478 e. The van der Waals surface area contributed by atoms with Crippen LogP contribution in [0.5, 0.6) is 0 Å². The van der Waals surface area contributed by atoms with Crippen LogP contribution in [0, 0.1) is 6.92 Å². The number of carboxylic acid groups (broad SMARTS) is 1. The van der Waals surface area contributed by atoms with E-state index in [0.29, 0.717) is 5.69 Å². The number of sulfonamides is 1. The average Bonchev–Trinajstić information content (AvgIpc) is 2.73. The molecule has 0 saturated heterocycles. The standard InChI is InChI=1S/C11H11N3O4S2/c1-6-5-19-11(13-6)14-20(17,18)9-3-2-7(12)4-8(9)10(15)16/h2-5H,12H2,1H3,(H,13,14)(H,15,16). The van der Waals surface area contributed by atoms with Gasteiger partial charge < -0.3 is 10.8 Å².